The van der Waals surface area contributed by atoms with Gasteiger partial charge in [0.15, 0.2) is 0 Å². The van der Waals surface area contributed by atoms with Crippen LogP contribution in [0.25, 0.3) is 10.9 Å². The van der Waals surface area contributed by atoms with Crippen LogP contribution in [0.4, 0.5) is 19.3 Å². The molecule has 0 saturated carbocycles. The second-order valence-corrected chi connectivity index (χ2v) is 9.07. The maximum atomic E-state index is 14.1. The SMILES string of the molecule is CC(C)(C)OC(=O)n1c(Cn2cccc(N)c2=O)cc2cccc(OCc3ccc(F)cc3F)c21. The number of hydrogen-bond donors (Lipinski definition) is 1. The van der Waals surface area contributed by atoms with Crippen molar-refractivity contribution in [2.24, 2.45) is 0 Å². The number of rotatable bonds is 5. The van der Waals surface area contributed by atoms with Gasteiger partial charge in [0, 0.05) is 23.2 Å². The summed E-state index contributed by atoms with van der Waals surface area (Å²) in [6, 6.07) is 13.3. The summed E-state index contributed by atoms with van der Waals surface area (Å²) in [6.07, 6.45) is 0.910. The lowest BCUT2D eigenvalue weighted by molar-refractivity contribution is 0.0539. The number of ether oxygens (including phenoxy) is 2. The lowest BCUT2D eigenvalue weighted by Crippen LogP contribution is -2.29. The Balaban J connectivity index is 1.80. The molecule has 0 aliphatic carbocycles. The molecule has 0 aliphatic heterocycles. The van der Waals surface area contributed by atoms with Crippen molar-refractivity contribution in [2.75, 3.05) is 5.73 Å². The predicted octanol–water partition coefficient (Wildman–Crippen LogP) is 5.07. The van der Waals surface area contributed by atoms with Crippen LogP contribution >= 0.6 is 0 Å². The zero-order valence-electron chi connectivity index (χ0n) is 19.5. The molecule has 0 saturated heterocycles. The van der Waals surface area contributed by atoms with E-state index in [9.17, 15) is 18.4 Å². The van der Waals surface area contributed by atoms with Crippen molar-refractivity contribution in [2.45, 2.75) is 39.5 Å². The van der Waals surface area contributed by atoms with E-state index in [1.165, 1.54) is 21.3 Å². The molecule has 7 nitrogen and oxygen atoms in total. The summed E-state index contributed by atoms with van der Waals surface area (Å²) in [5, 5.41) is 0.653. The molecule has 2 heterocycles. The lowest BCUT2D eigenvalue weighted by Gasteiger charge is -2.21. The Morgan fingerprint density at radius 1 is 1.06 bits per heavy atom. The highest BCUT2D eigenvalue weighted by Crippen LogP contribution is 2.31. The number of halogens is 2. The summed E-state index contributed by atoms with van der Waals surface area (Å²) in [5.41, 5.74) is 5.69. The summed E-state index contributed by atoms with van der Waals surface area (Å²) < 4.78 is 41.6. The minimum atomic E-state index is -0.786. The summed E-state index contributed by atoms with van der Waals surface area (Å²) in [5.74, 6) is -1.13. The molecule has 0 amide bonds. The number of carbonyl (C=O) groups is 1. The summed E-state index contributed by atoms with van der Waals surface area (Å²) in [7, 11) is 0. The van der Waals surface area contributed by atoms with Crippen LogP contribution in [0, 0.1) is 11.6 Å². The van der Waals surface area contributed by atoms with Gasteiger partial charge in [-0.3, -0.25) is 4.79 Å². The molecule has 0 aliphatic rings. The first-order chi connectivity index (χ1) is 16.5. The van der Waals surface area contributed by atoms with Gasteiger partial charge in [0.25, 0.3) is 5.56 Å². The van der Waals surface area contributed by atoms with Crippen molar-refractivity contribution in [1.29, 1.82) is 0 Å². The third-order valence-electron chi connectivity index (χ3n) is 5.22. The van der Waals surface area contributed by atoms with Crippen LogP contribution in [-0.2, 0) is 17.9 Å². The van der Waals surface area contributed by atoms with Crippen molar-refractivity contribution in [3.63, 3.8) is 0 Å². The first kappa shape index (κ1) is 24.0. The molecule has 35 heavy (non-hydrogen) atoms. The molecule has 4 rings (SSSR count). The molecule has 182 valence electrons. The van der Waals surface area contributed by atoms with Crippen molar-refractivity contribution >= 4 is 22.7 Å². The van der Waals surface area contributed by atoms with Crippen LogP contribution < -0.4 is 16.0 Å². The van der Waals surface area contributed by atoms with Crippen molar-refractivity contribution < 1.29 is 23.0 Å². The monoisotopic (exact) mass is 481 g/mol. The van der Waals surface area contributed by atoms with Gasteiger partial charge in [-0.05, 0) is 57.2 Å². The third kappa shape index (κ3) is 5.18. The molecule has 9 heteroatoms. The normalized spacial score (nSPS) is 11.6. The third-order valence-corrected chi connectivity index (χ3v) is 5.22. The Morgan fingerprint density at radius 2 is 1.83 bits per heavy atom. The Bertz CT molecular complexity index is 1470. The molecule has 0 bridgehead atoms. The molecule has 0 spiro atoms. The summed E-state index contributed by atoms with van der Waals surface area (Å²) >= 11 is 0. The molecular weight excluding hydrogens is 456 g/mol. The first-order valence-electron chi connectivity index (χ1n) is 10.9. The van der Waals surface area contributed by atoms with E-state index < -0.39 is 28.9 Å². The van der Waals surface area contributed by atoms with Crippen molar-refractivity contribution in [3.8, 4) is 5.75 Å². The molecule has 0 atom stereocenters. The summed E-state index contributed by atoms with van der Waals surface area (Å²) in [6.45, 7) is 5.09. The molecule has 0 fully saturated rings. The number of nitrogen functional groups attached to an aromatic ring is 1. The molecule has 0 unspecified atom stereocenters. The van der Waals surface area contributed by atoms with Gasteiger partial charge in [0.2, 0.25) is 0 Å². The van der Waals surface area contributed by atoms with E-state index in [1.54, 1.807) is 57.3 Å². The Morgan fingerprint density at radius 3 is 2.54 bits per heavy atom. The number of carbonyl (C=O) groups excluding carboxylic acids is 1. The maximum Gasteiger partial charge on any atom is 0.419 e. The first-order valence-corrected chi connectivity index (χ1v) is 10.9. The highest BCUT2D eigenvalue weighted by Gasteiger charge is 2.24. The average Bonchev–Trinajstić information content (AvgIpc) is 3.14. The minimum Gasteiger partial charge on any atom is -0.487 e. The maximum absolute atomic E-state index is 14.1. The lowest BCUT2D eigenvalue weighted by atomic mass is 10.2. The predicted molar refractivity (Wildman–Crippen MR) is 128 cm³/mol. The van der Waals surface area contributed by atoms with Crippen molar-refractivity contribution in [3.05, 3.63) is 94.0 Å². The largest absolute Gasteiger partial charge is 0.487 e. The van der Waals surface area contributed by atoms with Crippen molar-refractivity contribution in [1.82, 2.24) is 9.13 Å². The fourth-order valence-corrected chi connectivity index (χ4v) is 3.68. The number of anilines is 1. The van der Waals surface area contributed by atoms with Gasteiger partial charge in [-0.2, -0.15) is 0 Å². The van der Waals surface area contributed by atoms with Gasteiger partial charge in [-0.1, -0.05) is 12.1 Å². The van der Waals surface area contributed by atoms with E-state index in [4.69, 9.17) is 15.2 Å². The number of nitrogens with two attached hydrogens (primary N) is 1. The zero-order valence-corrected chi connectivity index (χ0v) is 19.5. The highest BCUT2D eigenvalue weighted by atomic mass is 19.1. The highest BCUT2D eigenvalue weighted by molar-refractivity contribution is 5.95. The minimum absolute atomic E-state index is 0.0455. The quantitative estimate of drug-likeness (QED) is 0.430. The molecule has 2 N–H and O–H groups in total. The van der Waals surface area contributed by atoms with Crippen LogP contribution in [0.2, 0.25) is 0 Å². The van der Waals surface area contributed by atoms with Crippen LogP contribution in [-0.4, -0.2) is 20.8 Å². The van der Waals surface area contributed by atoms with E-state index >= 15 is 0 Å². The zero-order chi connectivity index (χ0) is 25.3. The molecule has 0 radical (unpaired) electrons. The number of hydrogen-bond acceptors (Lipinski definition) is 5. The Kier molecular flexibility index (Phi) is 6.34. The number of aromatic nitrogens is 2. The van der Waals surface area contributed by atoms with E-state index in [2.05, 4.69) is 0 Å². The van der Waals surface area contributed by atoms with Crippen LogP contribution in [0.5, 0.6) is 5.75 Å². The molecule has 2 aromatic carbocycles. The van der Waals surface area contributed by atoms with Gasteiger partial charge >= 0.3 is 6.09 Å². The topological polar surface area (TPSA) is 88.5 Å². The van der Waals surface area contributed by atoms with Crippen LogP contribution in [0.1, 0.15) is 32.0 Å². The number of benzene rings is 2. The van der Waals surface area contributed by atoms with Crippen LogP contribution in [0.3, 0.4) is 0 Å². The van der Waals surface area contributed by atoms with E-state index in [0.29, 0.717) is 22.3 Å². The average molecular weight is 481 g/mol. The van der Waals surface area contributed by atoms with E-state index in [-0.39, 0.29) is 24.4 Å². The fourth-order valence-electron chi connectivity index (χ4n) is 3.68. The summed E-state index contributed by atoms with van der Waals surface area (Å²) in [4.78, 5) is 25.8. The molecule has 2 aromatic heterocycles. The second-order valence-electron chi connectivity index (χ2n) is 9.07. The van der Waals surface area contributed by atoms with E-state index in [0.717, 1.165) is 12.1 Å². The second kappa shape index (κ2) is 9.25. The van der Waals surface area contributed by atoms with Gasteiger partial charge in [0.1, 0.15) is 35.1 Å². The smallest absolute Gasteiger partial charge is 0.419 e. The van der Waals surface area contributed by atoms with Gasteiger partial charge in [-0.15, -0.1) is 0 Å². The fraction of sp³-hybridized carbons (Fsp3) is 0.231. The number of pyridine rings is 1. The molecule has 4 aromatic rings. The Labute approximate surface area is 200 Å². The van der Waals surface area contributed by atoms with Gasteiger partial charge in [-0.25, -0.2) is 18.1 Å². The van der Waals surface area contributed by atoms with E-state index in [1.807, 2.05) is 0 Å². The van der Waals surface area contributed by atoms with Crippen LogP contribution in [0.15, 0.2) is 65.6 Å². The number of nitrogens with zero attached hydrogens (tertiary/aromatic N) is 2. The van der Waals surface area contributed by atoms with Gasteiger partial charge in [0.05, 0.1) is 17.9 Å². The Hall–Kier alpha value is -4.14. The standard InChI is InChI=1S/C26H25F2N3O4/c1-26(2,3)35-25(33)31-19(14-30-11-5-7-21(29)24(30)32)12-16-6-4-8-22(23(16)31)34-15-17-9-10-18(27)13-20(17)28/h4-13H,14-15,29H2,1-3H3. The number of para-hydroxylation sites is 1. The van der Waals surface area contributed by atoms with Gasteiger partial charge < -0.3 is 19.8 Å². The molecular formula is C26H25F2N3O4. The number of fused-ring (bicyclic) bond motifs is 1.